The number of halogens is 2. The summed E-state index contributed by atoms with van der Waals surface area (Å²) in [6.07, 6.45) is -0.717. The molecule has 0 aliphatic heterocycles. The van der Waals surface area contributed by atoms with Crippen LogP contribution in [0, 0.1) is 0 Å². The van der Waals surface area contributed by atoms with Crippen LogP contribution in [0.15, 0.2) is 0 Å². The third-order valence-corrected chi connectivity index (χ3v) is 1.43. The van der Waals surface area contributed by atoms with Gasteiger partial charge in [0.15, 0.2) is 0 Å². The Balaban J connectivity index is 2.84. The highest BCUT2D eigenvalue weighted by Crippen LogP contribution is 1.91. The van der Waals surface area contributed by atoms with Gasteiger partial charge in [0.05, 0.1) is 6.61 Å². The van der Waals surface area contributed by atoms with Gasteiger partial charge in [-0.3, -0.25) is 0 Å². The Bertz CT molecular complexity index is 104. The zero-order valence-electron chi connectivity index (χ0n) is 7.64. The summed E-state index contributed by atoms with van der Waals surface area (Å²) in [5, 5.41) is 11.4. The number of hydrogen-bond acceptors (Lipinski definition) is 3. The number of aliphatic hydroxyl groups is 1. The maximum absolute atomic E-state index is 11.5. The number of hydrogen-bond donors (Lipinski definition) is 2. The van der Waals surface area contributed by atoms with Crippen LogP contribution >= 0.6 is 0 Å². The molecule has 0 aromatic rings. The second-order valence-electron chi connectivity index (χ2n) is 2.65. The second-order valence-corrected chi connectivity index (χ2v) is 2.65. The topological polar surface area (TPSA) is 41.5 Å². The lowest BCUT2D eigenvalue weighted by atomic mass is 10.3. The van der Waals surface area contributed by atoms with Crippen molar-refractivity contribution in [2.75, 3.05) is 32.9 Å². The number of alkyl halides is 2. The van der Waals surface area contributed by atoms with E-state index in [1.807, 2.05) is 0 Å². The molecule has 0 heterocycles. The lowest BCUT2D eigenvalue weighted by Crippen LogP contribution is -2.22. The summed E-state index contributed by atoms with van der Waals surface area (Å²) < 4.78 is 27.7. The molecule has 0 aliphatic rings. The normalized spacial score (nSPS) is 11.1. The SMILES string of the molecule is OCCCCNCCOCC(F)F. The zero-order valence-corrected chi connectivity index (χ0v) is 7.64. The van der Waals surface area contributed by atoms with Gasteiger partial charge in [0, 0.05) is 13.2 Å². The molecular formula is C8H17F2NO2. The van der Waals surface area contributed by atoms with Crippen LogP contribution in [0.2, 0.25) is 0 Å². The molecule has 0 amide bonds. The van der Waals surface area contributed by atoms with E-state index in [4.69, 9.17) is 5.11 Å². The van der Waals surface area contributed by atoms with Gasteiger partial charge in [0.1, 0.15) is 6.61 Å². The van der Waals surface area contributed by atoms with Crippen LogP contribution in [0.5, 0.6) is 0 Å². The van der Waals surface area contributed by atoms with Gasteiger partial charge in [-0.15, -0.1) is 0 Å². The number of nitrogens with one attached hydrogen (secondary N) is 1. The molecule has 0 aliphatic carbocycles. The summed E-state index contributed by atoms with van der Waals surface area (Å²) in [4.78, 5) is 0. The van der Waals surface area contributed by atoms with Crippen LogP contribution in [-0.4, -0.2) is 44.4 Å². The van der Waals surface area contributed by atoms with E-state index in [0.717, 1.165) is 19.4 Å². The highest BCUT2D eigenvalue weighted by Gasteiger charge is 2.00. The lowest BCUT2D eigenvalue weighted by Gasteiger charge is -2.04. The molecule has 5 heteroatoms. The lowest BCUT2D eigenvalue weighted by molar-refractivity contribution is 0.0188. The van der Waals surface area contributed by atoms with Crippen molar-refractivity contribution in [3.8, 4) is 0 Å². The molecule has 0 spiro atoms. The van der Waals surface area contributed by atoms with Crippen molar-refractivity contribution in [2.24, 2.45) is 0 Å². The van der Waals surface area contributed by atoms with E-state index in [-0.39, 0.29) is 6.61 Å². The predicted octanol–water partition coefficient (Wildman–Crippen LogP) is 0.630. The maximum atomic E-state index is 11.5. The molecule has 0 fully saturated rings. The number of aliphatic hydroxyl groups excluding tert-OH is 1. The molecule has 0 rings (SSSR count). The van der Waals surface area contributed by atoms with Gasteiger partial charge in [0.25, 0.3) is 6.43 Å². The fraction of sp³-hybridized carbons (Fsp3) is 1.00. The Kier molecular flexibility index (Phi) is 9.63. The van der Waals surface area contributed by atoms with Crippen LogP contribution in [0.3, 0.4) is 0 Å². The Hall–Kier alpha value is -0.260. The van der Waals surface area contributed by atoms with Gasteiger partial charge in [0.2, 0.25) is 0 Å². The smallest absolute Gasteiger partial charge is 0.261 e. The standard InChI is InChI=1S/C8H17F2NO2/c9-8(10)7-13-6-4-11-3-1-2-5-12/h8,11-12H,1-7H2. The van der Waals surface area contributed by atoms with E-state index in [9.17, 15) is 8.78 Å². The molecule has 80 valence electrons. The van der Waals surface area contributed by atoms with Gasteiger partial charge in [-0.1, -0.05) is 0 Å². The largest absolute Gasteiger partial charge is 0.396 e. The van der Waals surface area contributed by atoms with Crippen molar-refractivity contribution in [3.63, 3.8) is 0 Å². The van der Waals surface area contributed by atoms with Crippen molar-refractivity contribution in [1.29, 1.82) is 0 Å². The van der Waals surface area contributed by atoms with Gasteiger partial charge >= 0.3 is 0 Å². The molecule has 2 N–H and O–H groups in total. The van der Waals surface area contributed by atoms with Crippen molar-refractivity contribution >= 4 is 0 Å². The molecule has 0 atom stereocenters. The highest BCUT2D eigenvalue weighted by atomic mass is 19.3. The van der Waals surface area contributed by atoms with Crippen molar-refractivity contribution < 1.29 is 18.6 Å². The zero-order chi connectivity index (χ0) is 9.94. The molecule has 0 saturated heterocycles. The third kappa shape index (κ3) is 11.7. The minimum absolute atomic E-state index is 0.198. The fourth-order valence-corrected chi connectivity index (χ4v) is 0.804. The van der Waals surface area contributed by atoms with E-state index in [1.54, 1.807) is 0 Å². The van der Waals surface area contributed by atoms with E-state index < -0.39 is 13.0 Å². The first kappa shape index (κ1) is 12.7. The van der Waals surface area contributed by atoms with Crippen molar-refractivity contribution in [1.82, 2.24) is 5.32 Å². The summed E-state index contributed by atoms with van der Waals surface area (Å²) in [6, 6.07) is 0. The van der Waals surface area contributed by atoms with E-state index in [1.165, 1.54) is 0 Å². The third-order valence-electron chi connectivity index (χ3n) is 1.43. The number of ether oxygens (including phenoxy) is 1. The summed E-state index contributed by atoms with van der Waals surface area (Å²) in [6.45, 7) is 1.39. The van der Waals surface area contributed by atoms with Crippen LogP contribution in [0.4, 0.5) is 8.78 Å². The summed E-state index contributed by atoms with van der Waals surface area (Å²) in [7, 11) is 0. The molecule has 0 radical (unpaired) electrons. The minimum atomic E-state index is -2.38. The van der Waals surface area contributed by atoms with Crippen LogP contribution < -0.4 is 5.32 Å². The van der Waals surface area contributed by atoms with Gasteiger partial charge < -0.3 is 15.2 Å². The monoisotopic (exact) mass is 197 g/mol. The average molecular weight is 197 g/mol. The molecule has 0 bridgehead atoms. The van der Waals surface area contributed by atoms with E-state index in [2.05, 4.69) is 10.1 Å². The van der Waals surface area contributed by atoms with Crippen LogP contribution in [0.1, 0.15) is 12.8 Å². The second kappa shape index (κ2) is 9.83. The summed E-state index contributed by atoms with van der Waals surface area (Å²) in [5.74, 6) is 0. The van der Waals surface area contributed by atoms with E-state index in [0.29, 0.717) is 13.2 Å². The summed E-state index contributed by atoms with van der Waals surface area (Å²) in [5.41, 5.74) is 0. The van der Waals surface area contributed by atoms with Crippen molar-refractivity contribution in [2.45, 2.75) is 19.3 Å². The number of unbranched alkanes of at least 4 members (excludes halogenated alkanes) is 1. The van der Waals surface area contributed by atoms with Crippen LogP contribution in [-0.2, 0) is 4.74 Å². The van der Waals surface area contributed by atoms with Gasteiger partial charge in [-0.2, -0.15) is 0 Å². The molecule has 0 aromatic carbocycles. The van der Waals surface area contributed by atoms with Gasteiger partial charge in [-0.25, -0.2) is 8.78 Å². The predicted molar refractivity (Wildman–Crippen MR) is 46.0 cm³/mol. The Labute approximate surface area is 77.1 Å². The average Bonchev–Trinajstić information content (AvgIpc) is 2.09. The highest BCUT2D eigenvalue weighted by molar-refractivity contribution is 4.47. The van der Waals surface area contributed by atoms with Crippen molar-refractivity contribution in [3.05, 3.63) is 0 Å². The molecule has 0 saturated carbocycles. The van der Waals surface area contributed by atoms with E-state index >= 15 is 0 Å². The van der Waals surface area contributed by atoms with Crippen LogP contribution in [0.25, 0.3) is 0 Å². The molecule has 13 heavy (non-hydrogen) atoms. The Morgan fingerprint density at radius 1 is 1.23 bits per heavy atom. The summed E-state index contributed by atoms with van der Waals surface area (Å²) >= 11 is 0. The minimum Gasteiger partial charge on any atom is -0.396 e. The Morgan fingerprint density at radius 2 is 2.00 bits per heavy atom. The first-order chi connectivity index (χ1) is 6.27. The first-order valence-electron chi connectivity index (χ1n) is 4.45. The molecular weight excluding hydrogens is 180 g/mol. The quantitative estimate of drug-likeness (QED) is 0.533. The maximum Gasteiger partial charge on any atom is 0.261 e. The fourth-order valence-electron chi connectivity index (χ4n) is 0.804. The molecule has 0 unspecified atom stereocenters. The first-order valence-corrected chi connectivity index (χ1v) is 4.45. The van der Waals surface area contributed by atoms with Gasteiger partial charge in [-0.05, 0) is 19.4 Å². The number of rotatable bonds is 9. The Morgan fingerprint density at radius 3 is 2.62 bits per heavy atom. The molecule has 0 aromatic heterocycles. The molecule has 3 nitrogen and oxygen atoms in total.